The van der Waals surface area contributed by atoms with Gasteiger partial charge in [0.05, 0.1) is 0 Å². The van der Waals surface area contributed by atoms with Gasteiger partial charge in [0.2, 0.25) is 0 Å². The van der Waals surface area contributed by atoms with E-state index in [1.165, 1.54) is 0 Å². The van der Waals surface area contributed by atoms with E-state index in [2.05, 4.69) is 5.32 Å². The fourth-order valence-electron chi connectivity index (χ4n) is 1.62. The summed E-state index contributed by atoms with van der Waals surface area (Å²) in [6.45, 7) is 6.77. The summed E-state index contributed by atoms with van der Waals surface area (Å²) < 4.78 is 5.36. The molecular formula is C14H23NO3. The van der Waals surface area contributed by atoms with Crippen LogP contribution in [0.2, 0.25) is 0 Å². The zero-order valence-corrected chi connectivity index (χ0v) is 11.5. The third-order valence-electron chi connectivity index (χ3n) is 2.98. The van der Waals surface area contributed by atoms with Crippen LogP contribution in [-0.2, 0) is 6.42 Å². The molecule has 2 N–H and O–H groups in total. The molecule has 4 nitrogen and oxygen atoms in total. The molecule has 18 heavy (non-hydrogen) atoms. The number of hydrogen-bond donors (Lipinski definition) is 2. The van der Waals surface area contributed by atoms with Crippen molar-refractivity contribution >= 4 is 5.91 Å². The van der Waals surface area contributed by atoms with Gasteiger partial charge in [-0.05, 0) is 30.4 Å². The lowest BCUT2D eigenvalue weighted by Gasteiger charge is -2.21. The summed E-state index contributed by atoms with van der Waals surface area (Å²) in [7, 11) is 0. The first kappa shape index (κ1) is 14.8. The normalized spacial score (nSPS) is 11.6. The molecule has 0 spiro atoms. The van der Waals surface area contributed by atoms with Gasteiger partial charge >= 0.3 is 0 Å². The molecule has 0 saturated heterocycles. The summed E-state index contributed by atoms with van der Waals surface area (Å²) in [5, 5.41) is 11.9. The molecule has 1 aromatic rings. The molecule has 0 fully saturated rings. The van der Waals surface area contributed by atoms with Gasteiger partial charge in [0.1, 0.15) is 5.76 Å². The standard InChI is InChI=1S/C14H23NO3/c1-4-11-6-7-12(18-11)13(17)15-9-5-8-14(2,3)10-16/h6-7,16H,4-5,8-10H2,1-3H3,(H,15,17). The van der Waals surface area contributed by atoms with E-state index in [9.17, 15) is 4.79 Å². The largest absolute Gasteiger partial charge is 0.456 e. The van der Waals surface area contributed by atoms with Crippen LogP contribution in [0.5, 0.6) is 0 Å². The molecule has 0 aliphatic heterocycles. The molecule has 0 atom stereocenters. The Morgan fingerprint density at radius 2 is 2.17 bits per heavy atom. The Kier molecular flexibility index (Phi) is 5.41. The summed E-state index contributed by atoms with van der Waals surface area (Å²) in [6, 6.07) is 3.52. The third kappa shape index (κ3) is 4.53. The van der Waals surface area contributed by atoms with Gasteiger partial charge < -0.3 is 14.8 Å². The first-order valence-electron chi connectivity index (χ1n) is 6.46. The molecule has 0 saturated carbocycles. The van der Waals surface area contributed by atoms with E-state index in [1.54, 1.807) is 6.07 Å². The van der Waals surface area contributed by atoms with Crippen molar-refractivity contribution in [2.45, 2.75) is 40.0 Å². The van der Waals surface area contributed by atoms with E-state index in [4.69, 9.17) is 9.52 Å². The van der Waals surface area contributed by atoms with Gasteiger partial charge in [-0.3, -0.25) is 4.79 Å². The number of hydrogen-bond acceptors (Lipinski definition) is 3. The van der Waals surface area contributed by atoms with E-state index in [0.717, 1.165) is 25.0 Å². The minimum atomic E-state index is -0.170. The van der Waals surface area contributed by atoms with Crippen molar-refractivity contribution in [3.05, 3.63) is 23.7 Å². The minimum absolute atomic E-state index is 0.0786. The summed E-state index contributed by atoms with van der Waals surface area (Å²) >= 11 is 0. The van der Waals surface area contributed by atoms with Crippen LogP contribution in [0.4, 0.5) is 0 Å². The molecule has 1 amide bonds. The Bertz CT molecular complexity index is 382. The Morgan fingerprint density at radius 1 is 1.44 bits per heavy atom. The Morgan fingerprint density at radius 3 is 2.72 bits per heavy atom. The molecule has 0 aliphatic rings. The van der Waals surface area contributed by atoms with Gasteiger partial charge in [0.25, 0.3) is 5.91 Å². The summed E-state index contributed by atoms with van der Waals surface area (Å²) in [5.41, 5.74) is -0.0786. The molecule has 0 aromatic carbocycles. The molecule has 0 bridgehead atoms. The van der Waals surface area contributed by atoms with Crippen LogP contribution >= 0.6 is 0 Å². The monoisotopic (exact) mass is 253 g/mol. The van der Waals surface area contributed by atoms with E-state index < -0.39 is 0 Å². The SMILES string of the molecule is CCc1ccc(C(=O)NCCCC(C)(C)CO)o1. The lowest BCUT2D eigenvalue weighted by atomic mass is 9.89. The molecule has 0 aliphatic carbocycles. The Hall–Kier alpha value is -1.29. The Labute approximate surface area is 108 Å². The number of rotatable bonds is 7. The molecule has 4 heteroatoms. The predicted molar refractivity (Wildman–Crippen MR) is 70.5 cm³/mol. The second-order valence-electron chi connectivity index (χ2n) is 5.30. The smallest absolute Gasteiger partial charge is 0.286 e. The molecule has 1 rings (SSSR count). The average molecular weight is 253 g/mol. The molecule has 1 heterocycles. The lowest BCUT2D eigenvalue weighted by Crippen LogP contribution is -2.26. The first-order chi connectivity index (χ1) is 8.48. The third-order valence-corrected chi connectivity index (χ3v) is 2.98. The predicted octanol–water partition coefficient (Wildman–Crippen LogP) is 2.37. The molecule has 1 aromatic heterocycles. The minimum Gasteiger partial charge on any atom is -0.456 e. The topological polar surface area (TPSA) is 62.5 Å². The number of carbonyl (C=O) groups excluding carboxylic acids is 1. The fraction of sp³-hybridized carbons (Fsp3) is 0.643. The summed E-state index contributed by atoms with van der Waals surface area (Å²) in [6.07, 6.45) is 2.51. The molecule has 102 valence electrons. The second kappa shape index (κ2) is 6.59. The summed E-state index contributed by atoms with van der Waals surface area (Å²) in [5.74, 6) is 1.02. The maximum absolute atomic E-state index is 11.7. The van der Waals surface area contributed by atoms with E-state index >= 15 is 0 Å². The average Bonchev–Trinajstić information content (AvgIpc) is 2.83. The lowest BCUT2D eigenvalue weighted by molar-refractivity contribution is 0.0919. The van der Waals surface area contributed by atoms with Gasteiger partial charge in [-0.1, -0.05) is 20.8 Å². The van der Waals surface area contributed by atoms with Crippen LogP contribution in [0.25, 0.3) is 0 Å². The Balaban J connectivity index is 2.29. The number of carbonyl (C=O) groups is 1. The van der Waals surface area contributed by atoms with Crippen LogP contribution in [-0.4, -0.2) is 24.2 Å². The van der Waals surface area contributed by atoms with E-state index in [0.29, 0.717) is 12.3 Å². The van der Waals surface area contributed by atoms with Crippen molar-refractivity contribution in [2.75, 3.05) is 13.2 Å². The first-order valence-corrected chi connectivity index (χ1v) is 6.46. The van der Waals surface area contributed by atoms with Crippen molar-refractivity contribution in [3.8, 4) is 0 Å². The van der Waals surface area contributed by atoms with Crippen molar-refractivity contribution in [1.29, 1.82) is 0 Å². The van der Waals surface area contributed by atoms with Crippen molar-refractivity contribution in [3.63, 3.8) is 0 Å². The van der Waals surface area contributed by atoms with Crippen LogP contribution in [0.1, 0.15) is 49.9 Å². The highest BCUT2D eigenvalue weighted by Gasteiger charge is 2.16. The van der Waals surface area contributed by atoms with Gasteiger partial charge in [-0.15, -0.1) is 0 Å². The number of nitrogens with one attached hydrogen (secondary N) is 1. The maximum atomic E-state index is 11.7. The van der Waals surface area contributed by atoms with Crippen LogP contribution in [0.15, 0.2) is 16.5 Å². The van der Waals surface area contributed by atoms with Gasteiger partial charge in [-0.2, -0.15) is 0 Å². The zero-order valence-electron chi connectivity index (χ0n) is 11.5. The number of furan rings is 1. The van der Waals surface area contributed by atoms with Gasteiger partial charge in [-0.25, -0.2) is 0 Å². The fourth-order valence-corrected chi connectivity index (χ4v) is 1.62. The summed E-state index contributed by atoms with van der Waals surface area (Å²) in [4.78, 5) is 11.7. The second-order valence-corrected chi connectivity index (χ2v) is 5.30. The highest BCUT2D eigenvalue weighted by Crippen LogP contribution is 2.20. The van der Waals surface area contributed by atoms with Gasteiger partial charge in [0.15, 0.2) is 5.76 Å². The number of aliphatic hydroxyl groups excluding tert-OH is 1. The van der Waals surface area contributed by atoms with Crippen LogP contribution in [0.3, 0.4) is 0 Å². The zero-order chi connectivity index (χ0) is 13.6. The van der Waals surface area contributed by atoms with Crippen molar-refractivity contribution in [1.82, 2.24) is 5.32 Å². The quantitative estimate of drug-likeness (QED) is 0.733. The molecule has 0 unspecified atom stereocenters. The molecule has 0 radical (unpaired) electrons. The number of aryl methyl sites for hydroxylation is 1. The highest BCUT2D eigenvalue weighted by molar-refractivity contribution is 5.91. The van der Waals surface area contributed by atoms with Crippen molar-refractivity contribution < 1.29 is 14.3 Å². The van der Waals surface area contributed by atoms with Gasteiger partial charge in [0, 0.05) is 19.6 Å². The van der Waals surface area contributed by atoms with E-state index in [-0.39, 0.29) is 17.9 Å². The highest BCUT2D eigenvalue weighted by atomic mass is 16.3. The van der Waals surface area contributed by atoms with Crippen LogP contribution in [0, 0.1) is 5.41 Å². The van der Waals surface area contributed by atoms with Crippen LogP contribution < -0.4 is 5.32 Å². The maximum Gasteiger partial charge on any atom is 0.286 e. The molecular weight excluding hydrogens is 230 g/mol. The van der Waals surface area contributed by atoms with E-state index in [1.807, 2.05) is 26.8 Å². The number of amides is 1. The van der Waals surface area contributed by atoms with Crippen molar-refractivity contribution in [2.24, 2.45) is 5.41 Å². The number of aliphatic hydroxyl groups is 1.